The average molecular weight is 532 g/mol. The molecule has 0 spiro atoms. The number of para-hydroxylation sites is 1. The summed E-state index contributed by atoms with van der Waals surface area (Å²) in [5.74, 6) is -0.0951. The van der Waals surface area contributed by atoms with Crippen molar-refractivity contribution in [2.45, 2.75) is 43.9 Å². The number of carbonyl (C=O) groups is 3. The molecule has 6 N–H and O–H groups in total. The third-order valence-corrected chi connectivity index (χ3v) is 7.70. The van der Waals surface area contributed by atoms with Gasteiger partial charge in [-0.2, -0.15) is 0 Å². The van der Waals surface area contributed by atoms with Crippen molar-refractivity contribution in [1.82, 2.24) is 10.6 Å². The highest BCUT2D eigenvalue weighted by Crippen LogP contribution is 2.35. The molecule has 0 aromatic heterocycles. The van der Waals surface area contributed by atoms with Crippen LogP contribution in [0.2, 0.25) is 0 Å². The first-order valence-electron chi connectivity index (χ1n) is 12.5. The third-order valence-electron chi connectivity index (χ3n) is 6.54. The van der Waals surface area contributed by atoms with Crippen LogP contribution in [0, 0.1) is 5.92 Å². The van der Waals surface area contributed by atoms with E-state index >= 15 is 0 Å². The molecule has 1 heterocycles. The Morgan fingerprint density at radius 3 is 2.42 bits per heavy atom. The van der Waals surface area contributed by atoms with E-state index in [2.05, 4.69) is 10.6 Å². The minimum atomic E-state index is -0.686. The Morgan fingerprint density at radius 1 is 1.03 bits per heavy atom. The van der Waals surface area contributed by atoms with Crippen LogP contribution in [0.5, 0.6) is 0 Å². The number of nitrogens with one attached hydrogen (secondary N) is 2. The van der Waals surface area contributed by atoms with Crippen LogP contribution >= 0.6 is 11.8 Å². The summed E-state index contributed by atoms with van der Waals surface area (Å²) in [4.78, 5) is 40.3. The molecule has 0 saturated carbocycles. The monoisotopic (exact) mass is 531 g/mol. The van der Waals surface area contributed by atoms with Gasteiger partial charge in [-0.15, -0.1) is 11.8 Å². The molecular formula is C29H33N5O3S. The number of thioether (sulfide) groups is 1. The van der Waals surface area contributed by atoms with E-state index in [4.69, 9.17) is 11.5 Å². The van der Waals surface area contributed by atoms with Crippen molar-refractivity contribution in [1.29, 1.82) is 0 Å². The SMILES string of the molecule is CC(C)C(N)C(=O)N[C@@H]1CSc2ccccc2N(Cc2ccc(-c3ccccc3CNC(N)=O)cc2)C1=O. The van der Waals surface area contributed by atoms with Crippen LogP contribution in [0.1, 0.15) is 25.0 Å². The molecule has 3 aromatic rings. The normalized spacial score (nSPS) is 15.9. The largest absolute Gasteiger partial charge is 0.352 e. The predicted octanol–water partition coefficient (Wildman–Crippen LogP) is 3.63. The van der Waals surface area contributed by atoms with E-state index in [1.165, 1.54) is 0 Å². The summed E-state index contributed by atoms with van der Waals surface area (Å²) in [6.45, 7) is 4.44. The Hall–Kier alpha value is -3.82. The van der Waals surface area contributed by atoms with E-state index in [1.807, 2.05) is 86.6 Å². The lowest BCUT2D eigenvalue weighted by Crippen LogP contribution is -2.54. The van der Waals surface area contributed by atoms with Crippen LogP contribution in [-0.4, -0.2) is 35.7 Å². The highest BCUT2D eigenvalue weighted by Gasteiger charge is 2.33. The zero-order valence-corrected chi connectivity index (χ0v) is 22.3. The summed E-state index contributed by atoms with van der Waals surface area (Å²) in [6, 6.07) is 21.6. The number of anilines is 1. The Bertz CT molecular complexity index is 1310. The minimum absolute atomic E-state index is 0.0351. The summed E-state index contributed by atoms with van der Waals surface area (Å²) in [6.07, 6.45) is 0. The van der Waals surface area contributed by atoms with Crippen LogP contribution < -0.4 is 27.0 Å². The van der Waals surface area contributed by atoms with Crippen molar-refractivity contribution in [3.8, 4) is 11.1 Å². The van der Waals surface area contributed by atoms with Gasteiger partial charge in [0.25, 0.3) is 5.91 Å². The van der Waals surface area contributed by atoms with Gasteiger partial charge in [-0.05, 0) is 40.3 Å². The molecule has 0 aliphatic carbocycles. The van der Waals surface area contributed by atoms with E-state index in [1.54, 1.807) is 16.7 Å². The molecule has 1 aliphatic rings. The molecule has 4 amide bonds. The number of fused-ring (bicyclic) bond motifs is 1. The second kappa shape index (κ2) is 12.1. The van der Waals surface area contributed by atoms with E-state index in [9.17, 15) is 14.4 Å². The van der Waals surface area contributed by atoms with Crippen LogP contribution in [0.15, 0.2) is 77.7 Å². The number of carbonyl (C=O) groups excluding carboxylic acids is 3. The van der Waals surface area contributed by atoms with E-state index in [0.717, 1.165) is 32.8 Å². The molecule has 9 heteroatoms. The molecule has 0 fully saturated rings. The number of hydrogen-bond donors (Lipinski definition) is 4. The van der Waals surface area contributed by atoms with Gasteiger partial charge in [0.15, 0.2) is 0 Å². The van der Waals surface area contributed by atoms with Crippen molar-refractivity contribution in [2.24, 2.45) is 17.4 Å². The summed E-state index contributed by atoms with van der Waals surface area (Å²) in [5, 5.41) is 5.53. The van der Waals surface area contributed by atoms with Crippen molar-refractivity contribution >= 4 is 35.3 Å². The molecule has 198 valence electrons. The Labute approximate surface area is 227 Å². The molecule has 0 saturated heterocycles. The predicted molar refractivity (Wildman–Crippen MR) is 151 cm³/mol. The average Bonchev–Trinajstić information content (AvgIpc) is 3.04. The summed E-state index contributed by atoms with van der Waals surface area (Å²) >= 11 is 1.55. The first-order valence-corrected chi connectivity index (χ1v) is 13.5. The number of hydrogen-bond acceptors (Lipinski definition) is 5. The molecule has 0 bridgehead atoms. The maximum absolute atomic E-state index is 13.7. The van der Waals surface area contributed by atoms with Gasteiger partial charge < -0.3 is 27.0 Å². The van der Waals surface area contributed by atoms with Gasteiger partial charge in [0.1, 0.15) is 6.04 Å². The highest BCUT2D eigenvalue weighted by atomic mass is 32.2. The lowest BCUT2D eigenvalue weighted by molar-refractivity contribution is -0.128. The zero-order chi connectivity index (χ0) is 27.2. The van der Waals surface area contributed by atoms with Crippen molar-refractivity contribution < 1.29 is 14.4 Å². The molecule has 3 aromatic carbocycles. The van der Waals surface area contributed by atoms with Crippen LogP contribution in [0.25, 0.3) is 11.1 Å². The fraction of sp³-hybridized carbons (Fsp3) is 0.276. The molecular weight excluding hydrogens is 498 g/mol. The number of primary amides is 1. The van der Waals surface area contributed by atoms with Gasteiger partial charge in [-0.3, -0.25) is 9.59 Å². The smallest absolute Gasteiger partial charge is 0.312 e. The van der Waals surface area contributed by atoms with Gasteiger partial charge >= 0.3 is 6.03 Å². The number of nitrogens with zero attached hydrogens (tertiary/aromatic N) is 1. The standard InChI is InChI=1S/C29H33N5O3S/c1-18(2)26(30)27(35)33-23-17-38-25-10-6-5-9-24(25)34(28(23)36)16-19-11-13-20(14-12-19)22-8-4-3-7-21(22)15-32-29(31)37/h3-14,18,23,26H,15-17,30H2,1-2H3,(H,33,35)(H3,31,32,37)/t23-,26?/m1/s1. The van der Waals surface area contributed by atoms with E-state index < -0.39 is 18.1 Å². The summed E-state index contributed by atoms with van der Waals surface area (Å²) in [7, 11) is 0. The van der Waals surface area contributed by atoms with Crippen molar-refractivity contribution in [3.05, 3.63) is 83.9 Å². The number of nitrogens with two attached hydrogens (primary N) is 2. The summed E-state index contributed by atoms with van der Waals surface area (Å²) in [5.41, 5.74) is 16.0. The minimum Gasteiger partial charge on any atom is -0.352 e. The van der Waals surface area contributed by atoms with Gasteiger partial charge in [-0.1, -0.05) is 74.5 Å². The Balaban J connectivity index is 1.57. The zero-order valence-electron chi connectivity index (χ0n) is 21.5. The molecule has 1 aliphatic heterocycles. The Kier molecular flexibility index (Phi) is 8.70. The van der Waals surface area contributed by atoms with Gasteiger partial charge in [-0.25, -0.2) is 4.79 Å². The molecule has 38 heavy (non-hydrogen) atoms. The van der Waals surface area contributed by atoms with Crippen LogP contribution in [-0.2, 0) is 22.7 Å². The number of rotatable bonds is 8. The maximum Gasteiger partial charge on any atom is 0.312 e. The van der Waals surface area contributed by atoms with Crippen molar-refractivity contribution in [3.63, 3.8) is 0 Å². The molecule has 8 nitrogen and oxygen atoms in total. The second-order valence-electron chi connectivity index (χ2n) is 9.61. The molecule has 1 unspecified atom stereocenters. The molecule has 2 atom stereocenters. The highest BCUT2D eigenvalue weighted by molar-refractivity contribution is 7.99. The fourth-order valence-corrected chi connectivity index (χ4v) is 5.37. The van der Waals surface area contributed by atoms with Gasteiger partial charge in [0, 0.05) is 17.2 Å². The fourth-order valence-electron chi connectivity index (χ4n) is 4.30. The third kappa shape index (κ3) is 6.35. The number of benzene rings is 3. The quantitative estimate of drug-likeness (QED) is 0.353. The van der Waals surface area contributed by atoms with Crippen molar-refractivity contribution in [2.75, 3.05) is 10.7 Å². The van der Waals surface area contributed by atoms with Crippen LogP contribution in [0.4, 0.5) is 10.5 Å². The van der Waals surface area contributed by atoms with Crippen LogP contribution in [0.3, 0.4) is 0 Å². The number of amides is 4. The Morgan fingerprint density at radius 2 is 1.71 bits per heavy atom. The topological polar surface area (TPSA) is 131 Å². The molecule has 4 rings (SSSR count). The molecule has 0 radical (unpaired) electrons. The maximum atomic E-state index is 13.7. The first-order chi connectivity index (χ1) is 18.2. The summed E-state index contributed by atoms with van der Waals surface area (Å²) < 4.78 is 0. The second-order valence-corrected chi connectivity index (χ2v) is 10.7. The van der Waals surface area contributed by atoms with Gasteiger partial charge in [0.2, 0.25) is 5.91 Å². The van der Waals surface area contributed by atoms with E-state index in [-0.39, 0.29) is 17.7 Å². The lowest BCUT2D eigenvalue weighted by Gasteiger charge is -2.27. The first kappa shape index (κ1) is 27.2. The lowest BCUT2D eigenvalue weighted by atomic mass is 9.98. The van der Waals surface area contributed by atoms with E-state index in [0.29, 0.717) is 18.8 Å². The van der Waals surface area contributed by atoms with Gasteiger partial charge in [0.05, 0.1) is 18.3 Å². The number of urea groups is 1.